The molecule has 0 spiro atoms. The second-order valence-electron chi connectivity index (χ2n) is 6.01. The van der Waals surface area contributed by atoms with E-state index in [0.29, 0.717) is 12.0 Å². The van der Waals surface area contributed by atoms with E-state index in [1.807, 2.05) is 19.9 Å². The van der Waals surface area contributed by atoms with E-state index < -0.39 is 12.2 Å². The zero-order valence-electron chi connectivity index (χ0n) is 13.0. The first kappa shape index (κ1) is 16.3. The minimum atomic E-state index is -0.676. The number of aliphatic hydroxyl groups is 2. The summed E-state index contributed by atoms with van der Waals surface area (Å²) in [4.78, 5) is 16.6. The van der Waals surface area contributed by atoms with E-state index in [9.17, 15) is 9.90 Å². The predicted molar refractivity (Wildman–Crippen MR) is 87.5 cm³/mol. The van der Waals surface area contributed by atoms with Gasteiger partial charge in [0.05, 0.1) is 22.9 Å². The van der Waals surface area contributed by atoms with Crippen LogP contribution in [-0.4, -0.2) is 46.0 Å². The van der Waals surface area contributed by atoms with E-state index in [2.05, 4.69) is 10.3 Å². The Morgan fingerprint density at radius 3 is 2.96 bits per heavy atom. The van der Waals surface area contributed by atoms with Crippen molar-refractivity contribution >= 4 is 27.5 Å². The van der Waals surface area contributed by atoms with E-state index in [1.54, 1.807) is 12.1 Å². The molecule has 3 atom stereocenters. The van der Waals surface area contributed by atoms with Crippen LogP contribution in [0, 0.1) is 0 Å². The van der Waals surface area contributed by atoms with E-state index in [4.69, 9.17) is 9.84 Å². The topological polar surface area (TPSA) is 91.7 Å². The molecule has 1 fully saturated rings. The molecule has 1 aromatic carbocycles. The van der Waals surface area contributed by atoms with E-state index >= 15 is 0 Å². The minimum Gasteiger partial charge on any atom is -0.394 e. The maximum Gasteiger partial charge on any atom is 0.251 e. The predicted octanol–water partition coefficient (Wildman–Crippen LogP) is 1.62. The number of nitrogens with zero attached hydrogens (tertiary/aromatic N) is 1. The first-order chi connectivity index (χ1) is 11.0. The standard InChI is InChI=1S/C16H20N2O4S/c1-8(2)17-15(21)9-3-4-14-10(5-9)18-16(23-14)12-6-11(20)13(7-19)22-12/h3-5,8,11-13,19-20H,6-7H2,1-2H3,(H,17,21)/t11-,12+,13+/m0/s1. The first-order valence-corrected chi connectivity index (χ1v) is 8.45. The van der Waals surface area contributed by atoms with Crippen LogP contribution in [0.5, 0.6) is 0 Å². The quantitative estimate of drug-likeness (QED) is 0.789. The summed E-state index contributed by atoms with van der Waals surface area (Å²) in [5, 5.41) is 22.6. The maximum atomic E-state index is 12.1. The van der Waals surface area contributed by atoms with Crippen molar-refractivity contribution in [3.05, 3.63) is 28.8 Å². The lowest BCUT2D eigenvalue weighted by Gasteiger charge is -2.09. The van der Waals surface area contributed by atoms with Crippen LogP contribution < -0.4 is 5.32 Å². The third-order valence-corrected chi connectivity index (χ3v) is 4.89. The molecule has 0 bridgehead atoms. The molecule has 3 rings (SSSR count). The van der Waals surface area contributed by atoms with E-state index in [-0.39, 0.29) is 24.7 Å². The molecular weight excluding hydrogens is 316 g/mol. The van der Waals surface area contributed by atoms with E-state index in [1.165, 1.54) is 11.3 Å². The maximum absolute atomic E-state index is 12.1. The number of carbonyl (C=O) groups excluding carboxylic acids is 1. The molecule has 6 nitrogen and oxygen atoms in total. The highest BCUT2D eigenvalue weighted by atomic mass is 32.1. The van der Waals surface area contributed by atoms with Crippen LogP contribution in [0.15, 0.2) is 18.2 Å². The Labute approximate surface area is 138 Å². The SMILES string of the molecule is CC(C)NC(=O)c1ccc2sc([C@H]3C[C@H](O)[C@@H](CO)O3)nc2c1. The largest absolute Gasteiger partial charge is 0.394 e. The first-order valence-electron chi connectivity index (χ1n) is 7.63. The zero-order valence-corrected chi connectivity index (χ0v) is 13.8. The second kappa shape index (κ2) is 6.52. The normalized spacial score (nSPS) is 24.5. The smallest absolute Gasteiger partial charge is 0.251 e. The van der Waals surface area contributed by atoms with Gasteiger partial charge in [0.2, 0.25) is 0 Å². The number of hydrogen-bond acceptors (Lipinski definition) is 6. The number of aromatic nitrogens is 1. The van der Waals surface area contributed by atoms with Gasteiger partial charge in [0.15, 0.2) is 0 Å². The number of thiazole rings is 1. The molecule has 2 heterocycles. The molecule has 1 aliphatic heterocycles. The number of hydrogen-bond donors (Lipinski definition) is 3. The van der Waals surface area contributed by atoms with Gasteiger partial charge in [-0.05, 0) is 32.0 Å². The molecule has 1 aliphatic rings. The molecule has 1 saturated heterocycles. The summed E-state index contributed by atoms with van der Waals surface area (Å²) in [7, 11) is 0. The van der Waals surface area contributed by atoms with Gasteiger partial charge in [0.25, 0.3) is 5.91 Å². The molecule has 3 N–H and O–H groups in total. The molecular formula is C16H20N2O4S. The summed E-state index contributed by atoms with van der Waals surface area (Å²) < 4.78 is 6.60. The molecule has 0 radical (unpaired) electrons. The van der Waals surface area contributed by atoms with Gasteiger partial charge in [-0.2, -0.15) is 0 Å². The molecule has 124 valence electrons. The number of amides is 1. The number of carbonyl (C=O) groups is 1. The summed E-state index contributed by atoms with van der Waals surface area (Å²) in [5.74, 6) is -0.121. The summed E-state index contributed by atoms with van der Waals surface area (Å²) in [6, 6.07) is 5.50. The van der Waals surface area contributed by atoms with Gasteiger partial charge in [-0.25, -0.2) is 4.98 Å². The van der Waals surface area contributed by atoms with Gasteiger partial charge in [-0.15, -0.1) is 11.3 Å². The summed E-state index contributed by atoms with van der Waals surface area (Å²) in [5.41, 5.74) is 1.32. The van der Waals surface area contributed by atoms with Crippen LogP contribution in [0.25, 0.3) is 10.2 Å². The van der Waals surface area contributed by atoms with Gasteiger partial charge in [-0.1, -0.05) is 0 Å². The number of nitrogens with one attached hydrogen (secondary N) is 1. The lowest BCUT2D eigenvalue weighted by atomic mass is 10.1. The molecule has 23 heavy (non-hydrogen) atoms. The number of fused-ring (bicyclic) bond motifs is 1. The Balaban J connectivity index is 1.84. The van der Waals surface area contributed by atoms with Crippen molar-refractivity contribution in [3.8, 4) is 0 Å². The zero-order chi connectivity index (χ0) is 16.6. The fraction of sp³-hybridized carbons (Fsp3) is 0.500. The van der Waals surface area contributed by atoms with Crippen molar-refractivity contribution in [1.29, 1.82) is 0 Å². The van der Waals surface area contributed by atoms with Crippen molar-refractivity contribution in [2.24, 2.45) is 0 Å². The van der Waals surface area contributed by atoms with Crippen LogP contribution in [0.3, 0.4) is 0 Å². The number of ether oxygens (including phenoxy) is 1. The lowest BCUT2D eigenvalue weighted by molar-refractivity contribution is -0.0225. The fourth-order valence-electron chi connectivity index (χ4n) is 2.62. The minimum absolute atomic E-state index is 0.0768. The molecule has 2 aromatic rings. The lowest BCUT2D eigenvalue weighted by Crippen LogP contribution is -2.29. The van der Waals surface area contributed by atoms with Crippen LogP contribution in [0.1, 0.15) is 41.7 Å². The van der Waals surface area contributed by atoms with Crippen LogP contribution in [0.2, 0.25) is 0 Å². The van der Waals surface area contributed by atoms with E-state index in [0.717, 1.165) is 15.2 Å². The van der Waals surface area contributed by atoms with Crippen molar-refractivity contribution in [1.82, 2.24) is 10.3 Å². The highest BCUT2D eigenvalue weighted by molar-refractivity contribution is 7.18. The van der Waals surface area contributed by atoms with Crippen molar-refractivity contribution in [3.63, 3.8) is 0 Å². The van der Waals surface area contributed by atoms with Gasteiger partial charge in [0, 0.05) is 18.0 Å². The highest BCUT2D eigenvalue weighted by Crippen LogP contribution is 2.37. The molecule has 1 amide bonds. The Hall–Kier alpha value is -1.54. The monoisotopic (exact) mass is 336 g/mol. The third-order valence-electron chi connectivity index (χ3n) is 3.77. The van der Waals surface area contributed by atoms with Crippen molar-refractivity contribution in [2.45, 2.75) is 44.6 Å². The molecule has 0 saturated carbocycles. The Morgan fingerprint density at radius 2 is 2.30 bits per heavy atom. The van der Waals surface area contributed by atoms with Gasteiger partial charge in [-0.3, -0.25) is 4.79 Å². The van der Waals surface area contributed by atoms with Gasteiger partial charge in [0.1, 0.15) is 17.2 Å². The molecule has 0 aliphatic carbocycles. The Bertz CT molecular complexity index is 715. The van der Waals surface area contributed by atoms with Crippen molar-refractivity contribution < 1.29 is 19.7 Å². The van der Waals surface area contributed by atoms with Gasteiger partial charge >= 0.3 is 0 Å². The summed E-state index contributed by atoms with van der Waals surface area (Å²) in [6.07, 6.45) is -1.12. The molecule has 1 aromatic heterocycles. The second-order valence-corrected chi connectivity index (χ2v) is 7.07. The molecule has 0 unspecified atom stereocenters. The van der Waals surface area contributed by atoms with Crippen LogP contribution >= 0.6 is 11.3 Å². The summed E-state index contributed by atoms with van der Waals surface area (Å²) >= 11 is 1.48. The number of aliphatic hydroxyl groups excluding tert-OH is 2. The summed E-state index contributed by atoms with van der Waals surface area (Å²) in [6.45, 7) is 3.62. The Morgan fingerprint density at radius 1 is 1.52 bits per heavy atom. The van der Waals surface area contributed by atoms with Crippen LogP contribution in [0.4, 0.5) is 0 Å². The number of benzene rings is 1. The van der Waals surface area contributed by atoms with Crippen molar-refractivity contribution in [2.75, 3.05) is 6.61 Å². The average molecular weight is 336 g/mol. The van der Waals surface area contributed by atoms with Crippen LogP contribution in [-0.2, 0) is 4.74 Å². The average Bonchev–Trinajstić information content (AvgIpc) is 3.08. The Kier molecular flexibility index (Phi) is 4.63. The number of rotatable bonds is 4. The van der Waals surface area contributed by atoms with Gasteiger partial charge < -0.3 is 20.3 Å². The highest BCUT2D eigenvalue weighted by Gasteiger charge is 2.35. The fourth-order valence-corrected chi connectivity index (χ4v) is 3.62. The third kappa shape index (κ3) is 3.37. The molecule has 7 heteroatoms.